The van der Waals surface area contributed by atoms with Crippen LogP contribution in [0.5, 0.6) is 11.5 Å². The molecule has 1 aliphatic rings. The van der Waals surface area contributed by atoms with Crippen molar-refractivity contribution >= 4 is 11.6 Å². The third-order valence-corrected chi connectivity index (χ3v) is 5.18. The fraction of sp³-hybridized carbons (Fsp3) is 0.318. The van der Waals surface area contributed by atoms with Gasteiger partial charge in [0.1, 0.15) is 11.5 Å². The van der Waals surface area contributed by atoms with Gasteiger partial charge in [-0.2, -0.15) is 4.98 Å². The number of carbonyl (C=O) groups excluding carboxylic acids is 1. The van der Waals surface area contributed by atoms with Crippen LogP contribution >= 0.6 is 0 Å². The minimum atomic E-state index is -0.276. The van der Waals surface area contributed by atoms with Gasteiger partial charge >= 0.3 is 0 Å². The van der Waals surface area contributed by atoms with Gasteiger partial charge in [-0.1, -0.05) is 30.1 Å². The Kier molecular flexibility index (Phi) is 5.46. The monoisotopic (exact) mass is 393 g/mol. The quantitative estimate of drug-likeness (QED) is 0.655. The first-order valence-electron chi connectivity index (χ1n) is 9.65. The molecule has 1 N–H and O–H groups in total. The number of methoxy groups -OCH3 is 2. The average Bonchev–Trinajstić information content (AvgIpc) is 3.45. The van der Waals surface area contributed by atoms with E-state index in [0.29, 0.717) is 40.4 Å². The summed E-state index contributed by atoms with van der Waals surface area (Å²) in [5, 5.41) is 7.02. The van der Waals surface area contributed by atoms with Gasteiger partial charge in [0.2, 0.25) is 11.7 Å². The van der Waals surface area contributed by atoms with Gasteiger partial charge in [0, 0.05) is 23.2 Å². The Balaban J connectivity index is 1.53. The molecule has 1 fully saturated rings. The topological polar surface area (TPSA) is 86.5 Å². The Bertz CT molecular complexity index is 1010. The normalized spacial score (nSPS) is 14.0. The number of aromatic nitrogens is 2. The second kappa shape index (κ2) is 8.34. The van der Waals surface area contributed by atoms with Gasteiger partial charge in [0.05, 0.1) is 19.8 Å². The number of carbonyl (C=O) groups is 1. The van der Waals surface area contributed by atoms with Crippen LogP contribution < -0.4 is 14.8 Å². The van der Waals surface area contributed by atoms with Crippen molar-refractivity contribution in [3.63, 3.8) is 0 Å². The standard InChI is InChI=1S/C22H23N3O4/c1-27-17-10-11-18(19(13-17)28-2)21(26)23-16-9-5-8-15(12-16)20-24-22(29-25-20)14-6-3-4-7-14/h5,8-14H,3-4,6-7H2,1-2H3,(H,23,26). The van der Waals surface area contributed by atoms with Crippen LogP contribution in [-0.4, -0.2) is 30.3 Å². The van der Waals surface area contributed by atoms with Gasteiger partial charge in [-0.15, -0.1) is 0 Å². The van der Waals surface area contributed by atoms with Crippen molar-refractivity contribution < 1.29 is 18.8 Å². The molecule has 29 heavy (non-hydrogen) atoms. The summed E-state index contributed by atoms with van der Waals surface area (Å²) in [6, 6.07) is 12.5. The number of nitrogens with one attached hydrogen (secondary N) is 1. The molecule has 1 aliphatic carbocycles. The van der Waals surface area contributed by atoms with Crippen molar-refractivity contribution in [3.05, 3.63) is 53.9 Å². The van der Waals surface area contributed by atoms with Crippen LogP contribution in [0.1, 0.15) is 47.8 Å². The maximum Gasteiger partial charge on any atom is 0.259 e. The first kappa shape index (κ1) is 19.0. The molecule has 0 spiro atoms. The zero-order valence-corrected chi connectivity index (χ0v) is 16.5. The smallest absolute Gasteiger partial charge is 0.259 e. The summed E-state index contributed by atoms with van der Waals surface area (Å²) in [6.07, 6.45) is 4.61. The number of nitrogens with zero attached hydrogens (tertiary/aromatic N) is 2. The predicted molar refractivity (Wildman–Crippen MR) is 108 cm³/mol. The highest BCUT2D eigenvalue weighted by Gasteiger charge is 2.23. The minimum Gasteiger partial charge on any atom is -0.497 e. The van der Waals surface area contributed by atoms with Crippen molar-refractivity contribution in [1.29, 1.82) is 0 Å². The molecule has 0 unspecified atom stereocenters. The van der Waals surface area contributed by atoms with Crippen LogP contribution in [0.25, 0.3) is 11.4 Å². The van der Waals surface area contributed by atoms with Gasteiger partial charge in [0.25, 0.3) is 5.91 Å². The van der Waals surface area contributed by atoms with E-state index in [-0.39, 0.29) is 5.91 Å². The summed E-state index contributed by atoms with van der Waals surface area (Å²) in [4.78, 5) is 17.3. The van der Waals surface area contributed by atoms with Crippen LogP contribution in [0.3, 0.4) is 0 Å². The molecule has 0 atom stereocenters. The highest BCUT2D eigenvalue weighted by molar-refractivity contribution is 6.06. The number of rotatable bonds is 6. The van der Waals surface area contributed by atoms with E-state index in [9.17, 15) is 4.79 Å². The Morgan fingerprint density at radius 2 is 1.93 bits per heavy atom. The zero-order chi connectivity index (χ0) is 20.2. The molecular weight excluding hydrogens is 370 g/mol. The molecule has 0 radical (unpaired) electrons. The summed E-state index contributed by atoms with van der Waals surface area (Å²) >= 11 is 0. The second-order valence-corrected chi connectivity index (χ2v) is 7.04. The molecule has 4 rings (SSSR count). The number of amides is 1. The molecule has 0 aliphatic heterocycles. The maximum atomic E-state index is 12.7. The van der Waals surface area contributed by atoms with Crippen LogP contribution in [0.15, 0.2) is 47.0 Å². The molecule has 2 aromatic carbocycles. The largest absolute Gasteiger partial charge is 0.497 e. The lowest BCUT2D eigenvalue weighted by molar-refractivity contribution is 0.102. The lowest BCUT2D eigenvalue weighted by Gasteiger charge is -2.11. The molecule has 1 saturated carbocycles. The van der Waals surface area contributed by atoms with Crippen molar-refractivity contribution in [1.82, 2.24) is 10.1 Å². The maximum absolute atomic E-state index is 12.7. The van der Waals surface area contributed by atoms with Gasteiger partial charge < -0.3 is 19.3 Å². The van der Waals surface area contributed by atoms with Crippen LogP contribution in [0.4, 0.5) is 5.69 Å². The number of ether oxygens (including phenoxy) is 2. The van der Waals surface area contributed by atoms with E-state index in [4.69, 9.17) is 14.0 Å². The molecule has 7 heteroatoms. The Morgan fingerprint density at radius 1 is 1.10 bits per heavy atom. The molecule has 0 saturated heterocycles. The fourth-order valence-electron chi connectivity index (χ4n) is 3.61. The summed E-state index contributed by atoms with van der Waals surface area (Å²) in [5.74, 6) is 2.39. The molecule has 0 bridgehead atoms. The predicted octanol–water partition coefficient (Wildman–Crippen LogP) is 4.66. The second-order valence-electron chi connectivity index (χ2n) is 7.04. The number of hydrogen-bond donors (Lipinski definition) is 1. The number of anilines is 1. The lowest BCUT2D eigenvalue weighted by Crippen LogP contribution is -2.13. The van der Waals surface area contributed by atoms with E-state index in [1.807, 2.05) is 24.3 Å². The van der Waals surface area contributed by atoms with E-state index in [1.165, 1.54) is 20.0 Å². The van der Waals surface area contributed by atoms with E-state index >= 15 is 0 Å². The van der Waals surface area contributed by atoms with Gasteiger partial charge in [0.15, 0.2) is 0 Å². The SMILES string of the molecule is COc1ccc(C(=O)Nc2cccc(-c3noc(C4CCCC4)n3)c2)c(OC)c1. The Labute approximate surface area is 169 Å². The molecule has 1 amide bonds. The van der Waals surface area contributed by atoms with Crippen molar-refractivity contribution in [3.8, 4) is 22.9 Å². The first-order valence-corrected chi connectivity index (χ1v) is 9.65. The van der Waals surface area contributed by atoms with E-state index in [0.717, 1.165) is 18.4 Å². The highest BCUT2D eigenvalue weighted by Crippen LogP contribution is 2.34. The molecule has 7 nitrogen and oxygen atoms in total. The van der Waals surface area contributed by atoms with E-state index in [2.05, 4.69) is 15.5 Å². The summed E-state index contributed by atoms with van der Waals surface area (Å²) in [7, 11) is 3.08. The Hall–Kier alpha value is -3.35. The highest BCUT2D eigenvalue weighted by atomic mass is 16.5. The summed E-state index contributed by atoms with van der Waals surface area (Å²) in [5.41, 5.74) is 1.84. The summed E-state index contributed by atoms with van der Waals surface area (Å²) in [6.45, 7) is 0. The van der Waals surface area contributed by atoms with Crippen LogP contribution in [-0.2, 0) is 0 Å². The first-order chi connectivity index (χ1) is 14.2. The van der Waals surface area contributed by atoms with Gasteiger partial charge in [-0.25, -0.2) is 0 Å². The molecule has 1 aromatic heterocycles. The third kappa shape index (κ3) is 4.08. The molecular formula is C22H23N3O4. The van der Waals surface area contributed by atoms with E-state index in [1.54, 1.807) is 25.3 Å². The minimum absolute atomic E-state index is 0.276. The van der Waals surface area contributed by atoms with Crippen LogP contribution in [0, 0.1) is 0 Å². The van der Waals surface area contributed by atoms with Gasteiger partial charge in [-0.05, 0) is 37.1 Å². The van der Waals surface area contributed by atoms with Crippen LogP contribution in [0.2, 0.25) is 0 Å². The summed E-state index contributed by atoms with van der Waals surface area (Å²) < 4.78 is 16.0. The molecule has 1 heterocycles. The van der Waals surface area contributed by atoms with Gasteiger partial charge in [-0.3, -0.25) is 4.79 Å². The van der Waals surface area contributed by atoms with Crippen molar-refractivity contribution in [2.24, 2.45) is 0 Å². The lowest BCUT2D eigenvalue weighted by atomic mass is 10.1. The number of benzene rings is 2. The fourth-order valence-corrected chi connectivity index (χ4v) is 3.61. The Morgan fingerprint density at radius 3 is 2.69 bits per heavy atom. The molecule has 3 aromatic rings. The zero-order valence-electron chi connectivity index (χ0n) is 16.5. The molecule has 150 valence electrons. The van der Waals surface area contributed by atoms with E-state index < -0.39 is 0 Å². The number of hydrogen-bond acceptors (Lipinski definition) is 6. The third-order valence-electron chi connectivity index (χ3n) is 5.18. The van der Waals surface area contributed by atoms with Crippen molar-refractivity contribution in [2.75, 3.05) is 19.5 Å². The average molecular weight is 393 g/mol. The van der Waals surface area contributed by atoms with Crippen molar-refractivity contribution in [2.45, 2.75) is 31.6 Å².